The van der Waals surface area contributed by atoms with Gasteiger partial charge >= 0.3 is 0 Å². The third-order valence-corrected chi connectivity index (χ3v) is 4.30. The number of rotatable bonds is 9. The van der Waals surface area contributed by atoms with Crippen molar-refractivity contribution in [2.45, 2.75) is 19.4 Å². The normalized spacial score (nSPS) is 10.7. The Labute approximate surface area is 159 Å². The van der Waals surface area contributed by atoms with Crippen LogP contribution in [0.4, 0.5) is 0 Å². The molecule has 0 saturated carbocycles. The molecule has 27 heavy (non-hydrogen) atoms. The lowest BCUT2D eigenvalue weighted by molar-refractivity contribution is -0.132. The van der Waals surface area contributed by atoms with Crippen molar-refractivity contribution >= 4 is 5.91 Å². The number of carbonyl (C=O) groups excluding carboxylic acids is 1. The van der Waals surface area contributed by atoms with E-state index in [9.17, 15) is 4.79 Å². The van der Waals surface area contributed by atoms with Crippen molar-refractivity contribution in [3.63, 3.8) is 0 Å². The van der Waals surface area contributed by atoms with Crippen LogP contribution in [0, 0.1) is 0 Å². The van der Waals surface area contributed by atoms with E-state index in [1.807, 2.05) is 65.6 Å². The van der Waals surface area contributed by atoms with Crippen LogP contribution < -0.4 is 0 Å². The van der Waals surface area contributed by atoms with E-state index in [0.29, 0.717) is 38.4 Å². The number of oxazole rings is 1. The van der Waals surface area contributed by atoms with Crippen LogP contribution in [0.15, 0.2) is 71.3 Å². The van der Waals surface area contributed by atoms with Gasteiger partial charge in [0, 0.05) is 38.6 Å². The molecule has 5 heteroatoms. The van der Waals surface area contributed by atoms with Gasteiger partial charge in [-0.15, -0.1) is 0 Å². The Morgan fingerprint density at radius 1 is 1.07 bits per heavy atom. The monoisotopic (exact) mass is 364 g/mol. The molecule has 3 rings (SSSR count). The molecular weight excluding hydrogens is 340 g/mol. The van der Waals surface area contributed by atoms with Gasteiger partial charge in [-0.1, -0.05) is 60.7 Å². The fraction of sp³-hybridized carbons (Fsp3) is 0.273. The van der Waals surface area contributed by atoms with E-state index < -0.39 is 0 Å². The summed E-state index contributed by atoms with van der Waals surface area (Å²) in [4.78, 5) is 18.8. The van der Waals surface area contributed by atoms with Crippen LogP contribution in [-0.4, -0.2) is 36.1 Å². The second kappa shape index (κ2) is 9.69. The number of amides is 1. The van der Waals surface area contributed by atoms with Crippen LogP contribution in [0.5, 0.6) is 0 Å². The Morgan fingerprint density at radius 2 is 1.78 bits per heavy atom. The van der Waals surface area contributed by atoms with Crippen LogP contribution in [0.2, 0.25) is 0 Å². The van der Waals surface area contributed by atoms with Crippen LogP contribution >= 0.6 is 0 Å². The zero-order chi connectivity index (χ0) is 18.9. The van der Waals surface area contributed by atoms with Crippen molar-refractivity contribution in [2.75, 3.05) is 20.3 Å². The second-order valence-electron chi connectivity index (χ2n) is 6.28. The van der Waals surface area contributed by atoms with Gasteiger partial charge in [0.1, 0.15) is 0 Å². The molecule has 0 aliphatic rings. The Morgan fingerprint density at radius 3 is 2.48 bits per heavy atom. The average molecular weight is 364 g/mol. The molecule has 0 aliphatic heterocycles. The Hall–Kier alpha value is -2.92. The van der Waals surface area contributed by atoms with E-state index in [2.05, 4.69) is 4.98 Å². The summed E-state index contributed by atoms with van der Waals surface area (Å²) in [6, 6.07) is 19.8. The molecule has 0 aliphatic carbocycles. The molecule has 5 nitrogen and oxygen atoms in total. The van der Waals surface area contributed by atoms with Crippen LogP contribution in [-0.2, 0) is 22.5 Å². The molecule has 0 saturated heterocycles. The molecule has 1 amide bonds. The largest absolute Gasteiger partial charge is 0.441 e. The molecule has 1 heterocycles. The number of methoxy groups -OCH3 is 1. The zero-order valence-corrected chi connectivity index (χ0v) is 15.5. The molecule has 0 atom stereocenters. The van der Waals surface area contributed by atoms with Crippen molar-refractivity contribution in [3.8, 4) is 11.3 Å². The summed E-state index contributed by atoms with van der Waals surface area (Å²) in [5, 5.41) is 0. The number of carbonyl (C=O) groups is 1. The number of nitrogens with zero attached hydrogens (tertiary/aromatic N) is 2. The number of aryl methyl sites for hydroxylation is 1. The Bertz CT molecular complexity index is 831. The van der Waals surface area contributed by atoms with Crippen LogP contribution in [0.1, 0.15) is 17.9 Å². The minimum atomic E-state index is 0.0652. The topological polar surface area (TPSA) is 55.6 Å². The summed E-state index contributed by atoms with van der Waals surface area (Å²) < 4.78 is 10.9. The first-order chi connectivity index (χ1) is 13.3. The van der Waals surface area contributed by atoms with Gasteiger partial charge in [0.05, 0.1) is 12.8 Å². The van der Waals surface area contributed by atoms with Gasteiger partial charge in [-0.25, -0.2) is 4.98 Å². The van der Waals surface area contributed by atoms with Gasteiger partial charge in [0.15, 0.2) is 11.7 Å². The summed E-state index contributed by atoms with van der Waals surface area (Å²) in [7, 11) is 1.64. The Balaban J connectivity index is 1.59. The van der Waals surface area contributed by atoms with E-state index >= 15 is 0 Å². The summed E-state index contributed by atoms with van der Waals surface area (Å²) in [6.45, 7) is 1.64. The van der Waals surface area contributed by atoms with Gasteiger partial charge in [-0.05, 0) is 5.56 Å². The molecule has 0 spiro atoms. The molecule has 0 fully saturated rings. The third-order valence-electron chi connectivity index (χ3n) is 4.30. The predicted octanol–water partition coefficient (Wildman–Crippen LogP) is 3.95. The number of aromatic nitrogens is 1. The molecule has 1 aromatic heterocycles. The lowest BCUT2D eigenvalue weighted by Gasteiger charge is -2.22. The first-order valence-electron chi connectivity index (χ1n) is 9.07. The minimum absolute atomic E-state index is 0.0652. The molecule has 2 aromatic carbocycles. The van der Waals surface area contributed by atoms with Crippen molar-refractivity contribution in [1.29, 1.82) is 0 Å². The maximum absolute atomic E-state index is 12.7. The van der Waals surface area contributed by atoms with Crippen molar-refractivity contribution < 1.29 is 13.9 Å². The standard InChI is InChI=1S/C22H24N2O3/c1-26-15-14-24(17-18-8-4-2-5-9-18)22(25)13-12-21-23-16-20(27-21)19-10-6-3-7-11-19/h2-11,16H,12-15,17H2,1H3. The fourth-order valence-electron chi connectivity index (χ4n) is 2.83. The van der Waals surface area contributed by atoms with E-state index in [-0.39, 0.29) is 5.91 Å². The lowest BCUT2D eigenvalue weighted by Crippen LogP contribution is -2.33. The van der Waals surface area contributed by atoms with Crippen LogP contribution in [0.3, 0.4) is 0 Å². The summed E-state index contributed by atoms with van der Waals surface area (Å²) in [5.74, 6) is 1.36. The number of benzene rings is 2. The maximum Gasteiger partial charge on any atom is 0.223 e. The first-order valence-corrected chi connectivity index (χ1v) is 9.07. The van der Waals surface area contributed by atoms with Gasteiger partial charge in [0.2, 0.25) is 5.91 Å². The van der Waals surface area contributed by atoms with Crippen molar-refractivity contribution in [3.05, 3.63) is 78.3 Å². The van der Waals surface area contributed by atoms with Gasteiger partial charge < -0.3 is 14.1 Å². The SMILES string of the molecule is COCCN(Cc1ccccc1)C(=O)CCc1ncc(-c2ccccc2)o1. The predicted molar refractivity (Wildman–Crippen MR) is 104 cm³/mol. The third kappa shape index (κ3) is 5.53. The number of hydrogen-bond acceptors (Lipinski definition) is 4. The molecule has 3 aromatic rings. The van der Waals surface area contributed by atoms with Gasteiger partial charge in [-0.3, -0.25) is 4.79 Å². The average Bonchev–Trinajstić information content (AvgIpc) is 3.20. The fourth-order valence-corrected chi connectivity index (χ4v) is 2.83. The molecule has 0 unspecified atom stereocenters. The number of hydrogen-bond donors (Lipinski definition) is 0. The Kier molecular flexibility index (Phi) is 6.77. The van der Waals surface area contributed by atoms with Gasteiger partial charge in [0.25, 0.3) is 0 Å². The first kappa shape index (κ1) is 18.9. The molecular formula is C22H24N2O3. The van der Waals surface area contributed by atoms with Crippen LogP contribution in [0.25, 0.3) is 11.3 Å². The van der Waals surface area contributed by atoms with E-state index in [4.69, 9.17) is 9.15 Å². The van der Waals surface area contributed by atoms with E-state index in [1.54, 1.807) is 13.3 Å². The quantitative estimate of drug-likeness (QED) is 0.577. The second-order valence-corrected chi connectivity index (χ2v) is 6.28. The highest BCUT2D eigenvalue weighted by Crippen LogP contribution is 2.20. The van der Waals surface area contributed by atoms with Gasteiger partial charge in [-0.2, -0.15) is 0 Å². The van der Waals surface area contributed by atoms with Crippen molar-refractivity contribution in [2.24, 2.45) is 0 Å². The smallest absolute Gasteiger partial charge is 0.223 e. The number of ether oxygens (including phenoxy) is 1. The molecule has 0 radical (unpaired) electrons. The maximum atomic E-state index is 12.7. The lowest BCUT2D eigenvalue weighted by atomic mass is 10.2. The summed E-state index contributed by atoms with van der Waals surface area (Å²) in [6.07, 6.45) is 2.54. The van der Waals surface area contributed by atoms with E-state index in [0.717, 1.165) is 16.9 Å². The highest BCUT2D eigenvalue weighted by Gasteiger charge is 2.15. The molecule has 0 bridgehead atoms. The summed E-state index contributed by atoms with van der Waals surface area (Å²) in [5.41, 5.74) is 2.08. The minimum Gasteiger partial charge on any atom is -0.441 e. The summed E-state index contributed by atoms with van der Waals surface area (Å²) >= 11 is 0. The highest BCUT2D eigenvalue weighted by molar-refractivity contribution is 5.76. The van der Waals surface area contributed by atoms with E-state index in [1.165, 1.54) is 0 Å². The van der Waals surface area contributed by atoms with Crippen molar-refractivity contribution in [1.82, 2.24) is 9.88 Å². The molecule has 0 N–H and O–H groups in total. The molecule has 140 valence electrons. The highest BCUT2D eigenvalue weighted by atomic mass is 16.5. The zero-order valence-electron chi connectivity index (χ0n) is 15.5.